The van der Waals surface area contributed by atoms with Gasteiger partial charge in [-0.1, -0.05) is 0 Å². The van der Waals surface area contributed by atoms with Gasteiger partial charge in [-0.25, -0.2) is 0 Å². The highest BCUT2D eigenvalue weighted by atomic mass is 16.4. The van der Waals surface area contributed by atoms with E-state index in [9.17, 15) is 4.79 Å². The van der Waals surface area contributed by atoms with Crippen LogP contribution in [0.3, 0.4) is 0 Å². The van der Waals surface area contributed by atoms with E-state index in [0.29, 0.717) is 11.5 Å². The molecule has 0 aliphatic heterocycles. The number of nitrogens with zero attached hydrogens (tertiary/aromatic N) is 5. The quantitative estimate of drug-likeness (QED) is 0.737. The molecule has 2 rings (SSSR count). The van der Waals surface area contributed by atoms with Crippen molar-refractivity contribution in [1.82, 2.24) is 25.0 Å². The van der Waals surface area contributed by atoms with Gasteiger partial charge in [0.05, 0.1) is 18.8 Å². The molecule has 8 heteroatoms. The van der Waals surface area contributed by atoms with E-state index >= 15 is 0 Å². The van der Waals surface area contributed by atoms with E-state index in [0.717, 1.165) is 0 Å². The monoisotopic (exact) mass is 222 g/mol. The summed E-state index contributed by atoms with van der Waals surface area (Å²) in [5.74, 6) is -0.298. The van der Waals surface area contributed by atoms with Crippen molar-refractivity contribution in [2.24, 2.45) is 0 Å². The van der Waals surface area contributed by atoms with E-state index in [1.807, 2.05) is 0 Å². The predicted octanol–water partition coefficient (Wildman–Crippen LogP) is -0.206. The third-order valence-corrected chi connectivity index (χ3v) is 1.98. The molecular weight excluding hydrogens is 212 g/mol. The third-order valence-electron chi connectivity index (χ3n) is 1.98. The van der Waals surface area contributed by atoms with Crippen molar-refractivity contribution < 1.29 is 9.90 Å². The van der Waals surface area contributed by atoms with E-state index < -0.39 is 5.97 Å². The molecule has 0 saturated heterocycles. The fraction of sp³-hybridized carbons (Fsp3) is 0.375. The van der Waals surface area contributed by atoms with Gasteiger partial charge in [-0.05, 0) is 17.4 Å². The lowest BCUT2D eigenvalue weighted by Gasteiger charge is -2.12. The van der Waals surface area contributed by atoms with Gasteiger partial charge in [0.15, 0.2) is 11.5 Å². The zero-order valence-electron chi connectivity index (χ0n) is 8.53. The Morgan fingerprint density at radius 2 is 2.44 bits per heavy atom. The maximum absolute atomic E-state index is 10.5. The lowest BCUT2D eigenvalue weighted by Crippen LogP contribution is -2.21. The number of rotatable bonds is 4. The average molecular weight is 222 g/mol. The molecule has 0 bridgehead atoms. The number of aromatic nitrogens is 5. The molecular formula is C8H10N6O2. The van der Waals surface area contributed by atoms with Gasteiger partial charge in [-0.15, -0.1) is 5.10 Å². The summed E-state index contributed by atoms with van der Waals surface area (Å²) >= 11 is 0. The number of carboxylic acids is 1. The van der Waals surface area contributed by atoms with Crippen molar-refractivity contribution in [3.63, 3.8) is 0 Å². The Balaban J connectivity index is 2.20. The second-order valence-corrected chi connectivity index (χ2v) is 3.38. The Kier molecular flexibility index (Phi) is 2.63. The summed E-state index contributed by atoms with van der Waals surface area (Å²) in [6.45, 7) is 1.76. The van der Waals surface area contributed by atoms with Crippen LogP contribution in [0.1, 0.15) is 13.3 Å². The van der Waals surface area contributed by atoms with Crippen molar-refractivity contribution >= 4 is 17.4 Å². The Morgan fingerprint density at radius 1 is 1.62 bits per heavy atom. The zero-order valence-corrected chi connectivity index (χ0v) is 8.53. The maximum Gasteiger partial charge on any atom is 0.305 e. The number of anilines is 1. The minimum absolute atomic E-state index is 0.0124. The van der Waals surface area contributed by atoms with Gasteiger partial charge >= 0.3 is 5.97 Å². The second kappa shape index (κ2) is 4.09. The molecule has 0 fully saturated rings. The summed E-state index contributed by atoms with van der Waals surface area (Å²) in [6, 6.07) is -0.228. The molecule has 1 atom stereocenters. The minimum atomic E-state index is -0.864. The van der Waals surface area contributed by atoms with Crippen LogP contribution in [0.15, 0.2) is 12.4 Å². The van der Waals surface area contributed by atoms with Gasteiger partial charge in [-0.3, -0.25) is 9.78 Å². The first-order chi connectivity index (χ1) is 7.66. The molecule has 1 unspecified atom stereocenters. The lowest BCUT2D eigenvalue weighted by atomic mass is 10.2. The highest BCUT2D eigenvalue weighted by Gasteiger charge is 2.10. The summed E-state index contributed by atoms with van der Waals surface area (Å²) in [5.41, 5.74) is 0.507. The number of carboxylic acid groups (broad SMARTS) is 1. The molecule has 0 aliphatic rings. The van der Waals surface area contributed by atoms with Crippen LogP contribution in [-0.2, 0) is 4.79 Å². The molecule has 2 aromatic rings. The van der Waals surface area contributed by atoms with Crippen molar-refractivity contribution in [1.29, 1.82) is 0 Å². The maximum atomic E-state index is 10.5. The molecule has 2 aromatic heterocycles. The van der Waals surface area contributed by atoms with Crippen molar-refractivity contribution in [2.75, 3.05) is 5.32 Å². The van der Waals surface area contributed by atoms with Gasteiger partial charge in [0.2, 0.25) is 0 Å². The first-order valence-corrected chi connectivity index (χ1v) is 4.67. The first kappa shape index (κ1) is 10.3. The van der Waals surface area contributed by atoms with Crippen molar-refractivity contribution in [3.05, 3.63) is 12.4 Å². The van der Waals surface area contributed by atoms with E-state index in [4.69, 9.17) is 5.11 Å². The van der Waals surface area contributed by atoms with Crippen LogP contribution >= 0.6 is 0 Å². The molecule has 0 aromatic carbocycles. The van der Waals surface area contributed by atoms with Crippen LogP contribution in [0.4, 0.5) is 5.82 Å². The van der Waals surface area contributed by atoms with Crippen LogP contribution in [0.5, 0.6) is 0 Å². The molecule has 0 aliphatic carbocycles. The van der Waals surface area contributed by atoms with E-state index in [2.05, 4.69) is 25.8 Å². The van der Waals surface area contributed by atoms with Crippen LogP contribution in [-0.4, -0.2) is 42.1 Å². The van der Waals surface area contributed by atoms with E-state index in [1.54, 1.807) is 13.1 Å². The summed E-state index contributed by atoms with van der Waals surface area (Å²) in [4.78, 5) is 14.5. The average Bonchev–Trinajstić information content (AvgIpc) is 2.65. The van der Waals surface area contributed by atoms with Gasteiger partial charge in [0, 0.05) is 6.04 Å². The summed E-state index contributed by atoms with van der Waals surface area (Å²) in [7, 11) is 0. The largest absolute Gasteiger partial charge is 0.481 e. The number of tetrazole rings is 1. The Hall–Kier alpha value is -2.25. The standard InChI is InChI=1S/C8H10N6O2/c1-5(2-8(15)16)10-6-3-9-4-7-11-12-13-14(6)7/h3-5,10H,2H2,1H3,(H,15,16). The van der Waals surface area contributed by atoms with Crippen LogP contribution in [0.25, 0.3) is 5.65 Å². The number of fused-ring (bicyclic) bond motifs is 1. The predicted molar refractivity (Wildman–Crippen MR) is 53.9 cm³/mol. The molecule has 16 heavy (non-hydrogen) atoms. The van der Waals surface area contributed by atoms with Crippen molar-refractivity contribution in [2.45, 2.75) is 19.4 Å². The second-order valence-electron chi connectivity index (χ2n) is 3.38. The molecule has 2 heterocycles. The highest BCUT2D eigenvalue weighted by Crippen LogP contribution is 2.08. The Bertz CT molecular complexity index is 510. The minimum Gasteiger partial charge on any atom is -0.481 e. The molecule has 0 saturated carbocycles. The Labute approximate surface area is 90.3 Å². The van der Waals surface area contributed by atoms with Gasteiger partial charge in [-0.2, -0.15) is 4.52 Å². The normalized spacial score (nSPS) is 12.6. The van der Waals surface area contributed by atoms with Crippen LogP contribution in [0.2, 0.25) is 0 Å². The highest BCUT2D eigenvalue weighted by molar-refractivity contribution is 5.68. The van der Waals surface area contributed by atoms with Crippen LogP contribution in [0, 0.1) is 0 Å². The fourth-order valence-electron chi connectivity index (χ4n) is 1.34. The Morgan fingerprint density at radius 3 is 3.19 bits per heavy atom. The fourth-order valence-corrected chi connectivity index (χ4v) is 1.34. The molecule has 8 nitrogen and oxygen atoms in total. The summed E-state index contributed by atoms with van der Waals surface area (Å²) in [5, 5.41) is 22.6. The molecule has 0 radical (unpaired) electrons. The number of hydrogen-bond donors (Lipinski definition) is 2. The summed E-state index contributed by atoms with van der Waals surface area (Å²) in [6.07, 6.45) is 3.08. The van der Waals surface area contributed by atoms with Crippen molar-refractivity contribution in [3.8, 4) is 0 Å². The van der Waals surface area contributed by atoms with E-state index in [-0.39, 0.29) is 12.5 Å². The number of nitrogens with one attached hydrogen (secondary N) is 1. The SMILES string of the molecule is CC(CC(=O)O)Nc1cncc2nnnn12. The molecule has 2 N–H and O–H groups in total. The molecule has 0 amide bonds. The molecule has 0 spiro atoms. The summed E-state index contributed by atoms with van der Waals surface area (Å²) < 4.78 is 1.46. The number of hydrogen-bond acceptors (Lipinski definition) is 6. The van der Waals surface area contributed by atoms with Gasteiger partial charge in [0.25, 0.3) is 0 Å². The molecule has 84 valence electrons. The zero-order chi connectivity index (χ0) is 11.5. The van der Waals surface area contributed by atoms with E-state index in [1.165, 1.54) is 10.7 Å². The van der Waals surface area contributed by atoms with Gasteiger partial charge < -0.3 is 10.4 Å². The smallest absolute Gasteiger partial charge is 0.305 e. The topological polar surface area (TPSA) is 105 Å². The van der Waals surface area contributed by atoms with Crippen LogP contribution < -0.4 is 5.32 Å². The number of aliphatic carboxylic acids is 1. The third kappa shape index (κ3) is 2.05. The number of carbonyl (C=O) groups is 1. The van der Waals surface area contributed by atoms with Gasteiger partial charge in [0.1, 0.15) is 0 Å². The lowest BCUT2D eigenvalue weighted by molar-refractivity contribution is -0.137. The first-order valence-electron chi connectivity index (χ1n) is 4.67.